The number of nitrogens with one attached hydrogen (secondary N) is 1. The van der Waals surface area contributed by atoms with E-state index >= 15 is 0 Å². The van der Waals surface area contributed by atoms with Crippen LogP contribution in [0.2, 0.25) is 5.02 Å². The summed E-state index contributed by atoms with van der Waals surface area (Å²) in [6, 6.07) is 30.6. The summed E-state index contributed by atoms with van der Waals surface area (Å²) in [4.78, 5) is 6.69. The number of anilines is 1. The number of nitrogens with zero attached hydrogens (tertiary/aromatic N) is 2. The number of pyridine rings is 1. The third kappa shape index (κ3) is 5.13. The molecule has 2 unspecified atom stereocenters. The van der Waals surface area contributed by atoms with Gasteiger partial charge in [0.25, 0.3) is 0 Å². The highest BCUT2D eigenvalue weighted by Crippen LogP contribution is 2.43. The summed E-state index contributed by atoms with van der Waals surface area (Å²) < 4.78 is 17.7. The zero-order chi connectivity index (χ0) is 27.6. The van der Waals surface area contributed by atoms with Gasteiger partial charge in [0.05, 0.1) is 18.8 Å². The third-order valence-corrected chi connectivity index (χ3v) is 7.60. The number of thiocarbonyl (C=S) groups is 1. The molecular weight excluding hydrogens is 542 g/mol. The Morgan fingerprint density at radius 3 is 2.30 bits per heavy atom. The Bertz CT molecular complexity index is 1640. The fourth-order valence-corrected chi connectivity index (χ4v) is 5.32. The lowest BCUT2D eigenvalue weighted by atomic mass is 10.0. The molecule has 6 nitrogen and oxygen atoms in total. The van der Waals surface area contributed by atoms with E-state index in [2.05, 4.69) is 15.2 Å². The summed E-state index contributed by atoms with van der Waals surface area (Å²) in [5, 5.41) is 4.75. The van der Waals surface area contributed by atoms with Crippen molar-refractivity contribution in [1.82, 2.24) is 10.3 Å². The first-order chi connectivity index (χ1) is 19.5. The van der Waals surface area contributed by atoms with E-state index in [1.54, 1.807) is 13.3 Å². The second kappa shape index (κ2) is 11.0. The van der Waals surface area contributed by atoms with Crippen molar-refractivity contribution in [1.29, 1.82) is 0 Å². The molecule has 2 atom stereocenters. The number of hydrogen-bond donors (Lipinski definition) is 1. The van der Waals surface area contributed by atoms with Crippen molar-refractivity contribution >= 4 is 34.6 Å². The van der Waals surface area contributed by atoms with Crippen LogP contribution in [0.1, 0.15) is 29.1 Å². The van der Waals surface area contributed by atoms with E-state index in [-0.39, 0.29) is 12.1 Å². The van der Waals surface area contributed by atoms with Gasteiger partial charge in [-0.2, -0.15) is 0 Å². The number of aryl methyl sites for hydroxylation is 1. The van der Waals surface area contributed by atoms with Gasteiger partial charge in [-0.3, -0.25) is 4.98 Å². The monoisotopic (exact) mass is 567 g/mol. The molecule has 6 rings (SSSR count). The molecule has 5 aromatic rings. The maximum Gasteiger partial charge on any atom is 0.174 e. The third-order valence-electron chi connectivity index (χ3n) is 6.88. The van der Waals surface area contributed by atoms with Crippen LogP contribution in [0.3, 0.4) is 0 Å². The molecule has 40 heavy (non-hydrogen) atoms. The van der Waals surface area contributed by atoms with Gasteiger partial charge in [-0.15, -0.1) is 0 Å². The fourth-order valence-electron chi connectivity index (χ4n) is 4.79. The summed E-state index contributed by atoms with van der Waals surface area (Å²) in [5.41, 5.74) is 3.70. The molecule has 1 aliphatic rings. The van der Waals surface area contributed by atoms with Crippen molar-refractivity contribution < 1.29 is 13.9 Å². The molecule has 1 N–H and O–H groups in total. The maximum absolute atomic E-state index is 6.46. The topological polar surface area (TPSA) is 59.8 Å². The molecule has 200 valence electrons. The zero-order valence-electron chi connectivity index (χ0n) is 21.9. The normalized spacial score (nSPS) is 16.6. The molecule has 8 heteroatoms. The van der Waals surface area contributed by atoms with Crippen molar-refractivity contribution in [3.63, 3.8) is 0 Å². The molecule has 0 aliphatic carbocycles. The first-order valence-electron chi connectivity index (χ1n) is 12.8. The molecule has 0 radical (unpaired) electrons. The molecule has 0 saturated carbocycles. The molecular formula is C32H26ClN3O3S. The summed E-state index contributed by atoms with van der Waals surface area (Å²) in [5.74, 6) is 3.70. The molecule has 1 fully saturated rings. The second-order valence-electron chi connectivity index (χ2n) is 9.43. The fraction of sp³-hybridized carbons (Fsp3) is 0.125. The van der Waals surface area contributed by atoms with Crippen molar-refractivity contribution in [3.8, 4) is 28.6 Å². The van der Waals surface area contributed by atoms with Gasteiger partial charge >= 0.3 is 0 Å². The minimum Gasteiger partial charge on any atom is -0.497 e. The summed E-state index contributed by atoms with van der Waals surface area (Å²) in [7, 11) is 1.64. The van der Waals surface area contributed by atoms with Gasteiger partial charge in [0.1, 0.15) is 34.8 Å². The van der Waals surface area contributed by atoms with Crippen LogP contribution < -0.4 is 19.7 Å². The number of aromatic nitrogens is 1. The minimum absolute atomic E-state index is 0.218. The van der Waals surface area contributed by atoms with E-state index in [4.69, 9.17) is 37.7 Å². The number of ether oxygens (including phenoxy) is 2. The summed E-state index contributed by atoms with van der Waals surface area (Å²) in [6.07, 6.45) is 1.78. The predicted octanol–water partition coefficient (Wildman–Crippen LogP) is 8.28. The average molecular weight is 568 g/mol. The van der Waals surface area contributed by atoms with Gasteiger partial charge in [0.15, 0.2) is 5.11 Å². The zero-order valence-corrected chi connectivity index (χ0v) is 23.4. The highest BCUT2D eigenvalue weighted by molar-refractivity contribution is 7.80. The highest BCUT2D eigenvalue weighted by Gasteiger charge is 2.42. The van der Waals surface area contributed by atoms with Crippen LogP contribution in [0.5, 0.6) is 17.2 Å². The van der Waals surface area contributed by atoms with Crippen LogP contribution in [-0.4, -0.2) is 17.2 Å². The molecule has 1 aliphatic heterocycles. The van der Waals surface area contributed by atoms with Crippen LogP contribution in [-0.2, 0) is 0 Å². The largest absolute Gasteiger partial charge is 0.497 e. The number of rotatable bonds is 7. The molecule has 3 aromatic carbocycles. The van der Waals surface area contributed by atoms with E-state index in [1.807, 2.05) is 104 Å². The van der Waals surface area contributed by atoms with Crippen LogP contribution in [0.4, 0.5) is 5.69 Å². The van der Waals surface area contributed by atoms with Gasteiger partial charge in [-0.05, 0) is 104 Å². The van der Waals surface area contributed by atoms with Crippen molar-refractivity contribution in [2.45, 2.75) is 19.0 Å². The lowest BCUT2D eigenvalue weighted by Crippen LogP contribution is -2.29. The number of hydrogen-bond acceptors (Lipinski definition) is 5. The van der Waals surface area contributed by atoms with E-state index in [0.29, 0.717) is 15.9 Å². The number of benzene rings is 3. The number of furan rings is 1. The molecule has 0 spiro atoms. The van der Waals surface area contributed by atoms with Crippen molar-refractivity contribution in [2.24, 2.45) is 0 Å². The molecule has 0 bridgehead atoms. The lowest BCUT2D eigenvalue weighted by molar-refractivity contribution is 0.413. The lowest BCUT2D eigenvalue weighted by Gasteiger charge is -2.26. The van der Waals surface area contributed by atoms with Crippen molar-refractivity contribution in [2.75, 3.05) is 12.0 Å². The highest BCUT2D eigenvalue weighted by atomic mass is 35.5. The quantitative estimate of drug-likeness (QED) is 0.198. The Labute approximate surface area is 243 Å². The minimum atomic E-state index is -0.273. The van der Waals surface area contributed by atoms with E-state index in [1.165, 1.54) is 0 Å². The van der Waals surface area contributed by atoms with Gasteiger partial charge in [0, 0.05) is 22.5 Å². The van der Waals surface area contributed by atoms with Gasteiger partial charge in [-0.25, -0.2) is 0 Å². The number of methoxy groups -OCH3 is 1. The van der Waals surface area contributed by atoms with Crippen LogP contribution in [0.15, 0.2) is 108 Å². The molecule has 3 heterocycles. The first kappa shape index (κ1) is 25.9. The second-order valence-corrected chi connectivity index (χ2v) is 10.2. The SMILES string of the molecule is COc1ccc(Oc2ccc(N3C(=S)NC(c4ccccn4)C3c3ccc(-c4ccc(C)c(Cl)c4)o3)cc2)cc1. The molecule has 1 saturated heterocycles. The Kier molecular flexibility index (Phi) is 7.15. The standard InChI is InChI=1S/C32H26ClN3O3S/c1-20-6-7-21(19-26(20)33)28-16-17-29(39-28)31-30(27-5-3-4-18-34-27)35-32(40)36(31)22-8-10-24(11-9-22)38-25-14-12-23(37-2)13-15-25/h3-19,30-31H,1-2H3,(H,35,40). The Balaban J connectivity index is 1.33. The molecule has 0 amide bonds. The first-order valence-corrected chi connectivity index (χ1v) is 13.6. The number of halogens is 1. The van der Waals surface area contributed by atoms with E-state index in [0.717, 1.165) is 45.5 Å². The van der Waals surface area contributed by atoms with Crippen LogP contribution in [0, 0.1) is 6.92 Å². The Morgan fingerprint density at radius 1 is 0.900 bits per heavy atom. The van der Waals surface area contributed by atoms with Gasteiger partial charge in [-0.1, -0.05) is 29.8 Å². The van der Waals surface area contributed by atoms with E-state index in [9.17, 15) is 0 Å². The van der Waals surface area contributed by atoms with Crippen LogP contribution in [0.25, 0.3) is 11.3 Å². The Morgan fingerprint density at radius 2 is 1.62 bits per heavy atom. The summed E-state index contributed by atoms with van der Waals surface area (Å²) in [6.45, 7) is 1.98. The maximum atomic E-state index is 6.46. The smallest absolute Gasteiger partial charge is 0.174 e. The van der Waals surface area contributed by atoms with Crippen LogP contribution >= 0.6 is 23.8 Å². The van der Waals surface area contributed by atoms with E-state index < -0.39 is 0 Å². The average Bonchev–Trinajstić information content (AvgIpc) is 3.60. The molecule has 2 aromatic heterocycles. The predicted molar refractivity (Wildman–Crippen MR) is 161 cm³/mol. The van der Waals surface area contributed by atoms with Crippen molar-refractivity contribution in [3.05, 3.63) is 125 Å². The summed E-state index contributed by atoms with van der Waals surface area (Å²) >= 11 is 12.3. The Hall–Kier alpha value is -4.33. The van der Waals surface area contributed by atoms with Gasteiger partial charge < -0.3 is 24.1 Å². The van der Waals surface area contributed by atoms with Gasteiger partial charge in [0.2, 0.25) is 0 Å².